The van der Waals surface area contributed by atoms with Crippen molar-refractivity contribution in [2.45, 2.75) is 16.8 Å². The van der Waals surface area contributed by atoms with Crippen molar-refractivity contribution in [2.24, 2.45) is 0 Å². The van der Waals surface area contributed by atoms with Gasteiger partial charge in [0.25, 0.3) is 0 Å². The molecule has 0 saturated carbocycles. The minimum Gasteiger partial charge on any atom is -0.451 e. The van der Waals surface area contributed by atoms with Gasteiger partial charge in [-0.2, -0.15) is 0 Å². The van der Waals surface area contributed by atoms with E-state index >= 15 is 0 Å². The van der Waals surface area contributed by atoms with Crippen LogP contribution in [0.15, 0.2) is 10.1 Å². The maximum atomic E-state index is 10.9. The Morgan fingerprint density at radius 1 is 1.55 bits per heavy atom. The number of cyclic esters (lactones) is 1. The molecular weight excluding hydrogens is 344 g/mol. The molecule has 0 amide bonds. The molecule has 0 fully saturated rings. The van der Waals surface area contributed by atoms with Crippen LogP contribution in [-0.2, 0) is 9.53 Å². The maximum absolute atomic E-state index is 10.9. The van der Waals surface area contributed by atoms with Crippen LogP contribution >= 0.6 is 47.8 Å². The van der Waals surface area contributed by atoms with Gasteiger partial charge in [-0.3, -0.25) is 0 Å². The minimum atomic E-state index is -0.259. The molecule has 1 rings (SSSR count). The highest BCUT2D eigenvalue weighted by molar-refractivity contribution is 9.24. The van der Waals surface area contributed by atoms with Crippen molar-refractivity contribution in [3.63, 3.8) is 0 Å². The normalized spacial score (nSPS) is 24.8. The van der Waals surface area contributed by atoms with Crippen LogP contribution < -0.4 is 0 Å². The molecule has 0 radical (unpaired) electrons. The quantitative estimate of drug-likeness (QED) is 0.538. The Labute approximate surface area is 89.7 Å². The monoisotopic (exact) mass is 346 g/mol. The third-order valence-electron chi connectivity index (χ3n) is 1.38. The second-order valence-electron chi connectivity index (χ2n) is 2.13. The van der Waals surface area contributed by atoms with Gasteiger partial charge in [0.15, 0.2) is 6.10 Å². The van der Waals surface area contributed by atoms with Crippen molar-refractivity contribution in [3.8, 4) is 0 Å². The van der Waals surface area contributed by atoms with E-state index in [1.807, 2.05) is 0 Å². The lowest BCUT2D eigenvalue weighted by Crippen LogP contribution is -2.16. The molecule has 0 aromatic heterocycles. The largest absolute Gasteiger partial charge is 0.451 e. The van der Waals surface area contributed by atoms with Gasteiger partial charge in [0, 0.05) is 10.1 Å². The minimum absolute atomic E-state index is 0.0363. The first-order valence-electron chi connectivity index (χ1n) is 2.89. The zero-order valence-corrected chi connectivity index (χ0v) is 10.4. The summed E-state index contributed by atoms with van der Waals surface area (Å²) >= 11 is 9.83. The Morgan fingerprint density at radius 2 is 2.09 bits per heavy atom. The standard InChI is InChI=1S/C6H5Br3O2/c1-2-3(7)4(5(8)9)11-6(2)10/h4-5H,1H3/t4-/m1/s1. The summed E-state index contributed by atoms with van der Waals surface area (Å²) in [6.45, 7) is 1.73. The van der Waals surface area contributed by atoms with Crippen LogP contribution in [0.1, 0.15) is 6.92 Å². The van der Waals surface area contributed by atoms with E-state index in [0.717, 1.165) is 4.48 Å². The fourth-order valence-electron chi connectivity index (χ4n) is 0.728. The summed E-state index contributed by atoms with van der Waals surface area (Å²) in [7, 11) is 0. The van der Waals surface area contributed by atoms with Gasteiger partial charge in [-0.1, -0.05) is 47.8 Å². The summed E-state index contributed by atoms with van der Waals surface area (Å²) in [4.78, 5) is 10.9. The zero-order chi connectivity index (χ0) is 8.59. The lowest BCUT2D eigenvalue weighted by atomic mass is 10.3. The van der Waals surface area contributed by atoms with E-state index in [1.54, 1.807) is 6.92 Å². The smallest absolute Gasteiger partial charge is 0.335 e. The first-order chi connectivity index (χ1) is 5.04. The van der Waals surface area contributed by atoms with Crippen LogP contribution in [0.4, 0.5) is 0 Å². The average molecular weight is 349 g/mol. The summed E-state index contributed by atoms with van der Waals surface area (Å²) in [6, 6.07) is 0. The van der Waals surface area contributed by atoms with Gasteiger partial charge in [0.1, 0.15) is 3.74 Å². The van der Waals surface area contributed by atoms with Crippen LogP contribution in [-0.4, -0.2) is 15.8 Å². The lowest BCUT2D eigenvalue weighted by Gasteiger charge is -2.10. The third kappa shape index (κ3) is 1.87. The van der Waals surface area contributed by atoms with E-state index in [4.69, 9.17) is 4.74 Å². The number of hydrogen-bond acceptors (Lipinski definition) is 2. The predicted molar refractivity (Wildman–Crippen MR) is 53.1 cm³/mol. The highest BCUT2D eigenvalue weighted by Crippen LogP contribution is 2.34. The SMILES string of the molecule is CC1=C(Br)[C@H](C(Br)Br)OC1=O. The Morgan fingerprint density at radius 3 is 2.27 bits per heavy atom. The van der Waals surface area contributed by atoms with E-state index in [1.165, 1.54) is 0 Å². The fourth-order valence-corrected chi connectivity index (χ4v) is 2.70. The van der Waals surface area contributed by atoms with Crippen LogP contribution in [0.2, 0.25) is 0 Å². The Bertz CT molecular complexity index is 222. The van der Waals surface area contributed by atoms with Crippen molar-refractivity contribution in [1.82, 2.24) is 0 Å². The first kappa shape index (κ1) is 9.74. The number of rotatable bonds is 1. The molecule has 1 aliphatic heterocycles. The van der Waals surface area contributed by atoms with Crippen LogP contribution in [0, 0.1) is 0 Å². The second kappa shape index (κ2) is 3.58. The summed E-state index contributed by atoms with van der Waals surface area (Å²) in [6.07, 6.45) is -0.234. The number of carbonyl (C=O) groups is 1. The van der Waals surface area contributed by atoms with Crippen LogP contribution in [0.5, 0.6) is 0 Å². The molecule has 0 spiro atoms. The molecule has 0 saturated heterocycles. The molecule has 1 atom stereocenters. The molecule has 2 nitrogen and oxygen atoms in total. The number of ether oxygens (including phenoxy) is 1. The van der Waals surface area contributed by atoms with Crippen molar-refractivity contribution < 1.29 is 9.53 Å². The number of carbonyl (C=O) groups excluding carboxylic acids is 1. The number of alkyl halides is 2. The average Bonchev–Trinajstić information content (AvgIpc) is 2.17. The Hall–Kier alpha value is 0.650. The molecule has 0 aromatic carbocycles. The molecule has 0 N–H and O–H groups in total. The molecule has 11 heavy (non-hydrogen) atoms. The fraction of sp³-hybridized carbons (Fsp3) is 0.500. The summed E-state index contributed by atoms with van der Waals surface area (Å²) < 4.78 is 5.76. The number of halogens is 3. The first-order valence-corrected chi connectivity index (χ1v) is 5.52. The highest BCUT2D eigenvalue weighted by Gasteiger charge is 2.33. The maximum Gasteiger partial charge on any atom is 0.335 e. The molecule has 1 heterocycles. The summed E-state index contributed by atoms with van der Waals surface area (Å²) in [5, 5.41) is 0. The molecule has 62 valence electrons. The van der Waals surface area contributed by atoms with Gasteiger partial charge in [0.05, 0.1) is 0 Å². The van der Waals surface area contributed by atoms with Crippen LogP contribution in [0.3, 0.4) is 0 Å². The third-order valence-corrected chi connectivity index (χ3v) is 3.38. The van der Waals surface area contributed by atoms with Crippen LogP contribution in [0.25, 0.3) is 0 Å². The van der Waals surface area contributed by atoms with Gasteiger partial charge >= 0.3 is 5.97 Å². The molecule has 5 heteroatoms. The summed E-state index contributed by atoms with van der Waals surface area (Å²) in [5.74, 6) is -0.259. The van der Waals surface area contributed by atoms with Crippen molar-refractivity contribution in [3.05, 3.63) is 10.1 Å². The highest BCUT2D eigenvalue weighted by atomic mass is 79.9. The van der Waals surface area contributed by atoms with Gasteiger partial charge in [-0.25, -0.2) is 4.79 Å². The number of esters is 1. The Balaban J connectivity index is 2.86. The predicted octanol–water partition coefficient (Wildman–Crippen LogP) is 2.70. The van der Waals surface area contributed by atoms with Crippen molar-refractivity contribution in [2.75, 3.05) is 0 Å². The van der Waals surface area contributed by atoms with E-state index in [0.29, 0.717) is 5.57 Å². The van der Waals surface area contributed by atoms with Gasteiger partial charge < -0.3 is 4.74 Å². The summed E-state index contributed by atoms with van der Waals surface area (Å²) in [5.41, 5.74) is 0.638. The Kier molecular flexibility index (Phi) is 3.17. The van der Waals surface area contributed by atoms with E-state index in [2.05, 4.69) is 47.8 Å². The number of hydrogen-bond donors (Lipinski definition) is 0. The zero-order valence-electron chi connectivity index (χ0n) is 5.61. The van der Waals surface area contributed by atoms with Gasteiger partial charge in [-0.15, -0.1) is 0 Å². The molecule has 0 bridgehead atoms. The lowest BCUT2D eigenvalue weighted by molar-refractivity contribution is -0.138. The van der Waals surface area contributed by atoms with Gasteiger partial charge in [-0.05, 0) is 6.92 Å². The molecule has 0 unspecified atom stereocenters. The molecule has 1 aliphatic rings. The van der Waals surface area contributed by atoms with E-state index in [9.17, 15) is 4.79 Å². The van der Waals surface area contributed by atoms with E-state index < -0.39 is 0 Å². The molecule has 0 aliphatic carbocycles. The molecule has 0 aromatic rings. The topological polar surface area (TPSA) is 26.3 Å². The molecular formula is C6H5Br3O2. The van der Waals surface area contributed by atoms with Crippen molar-refractivity contribution in [1.29, 1.82) is 0 Å². The van der Waals surface area contributed by atoms with E-state index in [-0.39, 0.29) is 15.8 Å². The second-order valence-corrected chi connectivity index (χ2v) is 6.19. The van der Waals surface area contributed by atoms with Crippen molar-refractivity contribution >= 4 is 53.8 Å². The van der Waals surface area contributed by atoms with Gasteiger partial charge in [0.2, 0.25) is 0 Å².